The van der Waals surface area contributed by atoms with Gasteiger partial charge in [0.15, 0.2) is 0 Å². The first-order valence-corrected chi connectivity index (χ1v) is 12.1. The minimum Gasteiger partial charge on any atom is -0.354 e. The smallest absolute Gasteiger partial charge is 0.258 e. The molecule has 0 spiro atoms. The molecule has 37 heavy (non-hydrogen) atoms. The lowest BCUT2D eigenvalue weighted by atomic mass is 9.98. The molecule has 1 heterocycles. The standard InChI is InChI=1S/C31H28N4O2/c1-35(2)20-21-13-16-25(17-14-21)32-29(22-9-5-3-6-10-22)28-26-19-23(15-18-27(26)34-31(28)37)30(36)33-24-11-7-4-8-12-24/h3-19,32H,20H2,1-2H3,(H,33,36)(H,34,37). The van der Waals surface area contributed by atoms with Gasteiger partial charge in [0.25, 0.3) is 11.8 Å². The first-order chi connectivity index (χ1) is 18.0. The summed E-state index contributed by atoms with van der Waals surface area (Å²) in [5.74, 6) is -0.454. The van der Waals surface area contributed by atoms with Gasteiger partial charge < -0.3 is 20.9 Å². The van der Waals surface area contributed by atoms with Crippen molar-refractivity contribution in [1.29, 1.82) is 0 Å². The van der Waals surface area contributed by atoms with Gasteiger partial charge in [-0.2, -0.15) is 0 Å². The molecule has 0 aromatic heterocycles. The molecule has 2 amide bonds. The van der Waals surface area contributed by atoms with Crippen LogP contribution in [0.3, 0.4) is 0 Å². The summed E-state index contributed by atoms with van der Waals surface area (Å²) in [6, 6.07) is 32.5. The van der Waals surface area contributed by atoms with Crippen molar-refractivity contribution in [2.45, 2.75) is 6.54 Å². The molecule has 1 aliphatic heterocycles. The predicted octanol–water partition coefficient (Wildman–Crippen LogP) is 5.93. The number of rotatable bonds is 7. The average molecular weight is 489 g/mol. The van der Waals surface area contributed by atoms with Gasteiger partial charge in [-0.05, 0) is 67.7 Å². The highest BCUT2D eigenvalue weighted by atomic mass is 16.2. The summed E-state index contributed by atoms with van der Waals surface area (Å²) in [7, 11) is 4.07. The maximum absolute atomic E-state index is 13.3. The van der Waals surface area contributed by atoms with E-state index >= 15 is 0 Å². The van der Waals surface area contributed by atoms with E-state index < -0.39 is 0 Å². The van der Waals surface area contributed by atoms with Crippen LogP contribution in [-0.2, 0) is 11.3 Å². The Morgan fingerprint density at radius 3 is 2.08 bits per heavy atom. The molecule has 4 aromatic rings. The summed E-state index contributed by atoms with van der Waals surface area (Å²) in [6.45, 7) is 0.844. The van der Waals surface area contributed by atoms with E-state index in [-0.39, 0.29) is 11.8 Å². The molecule has 0 unspecified atom stereocenters. The highest BCUT2D eigenvalue weighted by Crippen LogP contribution is 2.38. The van der Waals surface area contributed by atoms with Gasteiger partial charge in [-0.1, -0.05) is 60.7 Å². The Bertz CT molecular complexity index is 1460. The SMILES string of the molecule is CN(C)Cc1ccc(NC(=C2C(=O)Nc3ccc(C(=O)Nc4ccccc4)cc32)c2ccccc2)cc1. The van der Waals surface area contributed by atoms with Crippen LogP contribution < -0.4 is 16.0 Å². The first-order valence-electron chi connectivity index (χ1n) is 12.1. The summed E-state index contributed by atoms with van der Waals surface area (Å²) in [5, 5.41) is 9.35. The molecule has 4 aromatic carbocycles. The minimum atomic E-state index is -0.238. The van der Waals surface area contributed by atoms with Crippen LogP contribution in [0, 0.1) is 0 Å². The second-order valence-corrected chi connectivity index (χ2v) is 9.21. The van der Waals surface area contributed by atoms with Crippen molar-refractivity contribution in [3.63, 3.8) is 0 Å². The Morgan fingerprint density at radius 1 is 0.757 bits per heavy atom. The van der Waals surface area contributed by atoms with E-state index in [1.54, 1.807) is 18.2 Å². The molecule has 0 atom stereocenters. The molecular formula is C31H28N4O2. The predicted molar refractivity (Wildman–Crippen MR) is 150 cm³/mol. The molecule has 0 saturated carbocycles. The zero-order chi connectivity index (χ0) is 25.8. The van der Waals surface area contributed by atoms with Crippen molar-refractivity contribution in [2.75, 3.05) is 30.0 Å². The molecule has 1 aliphatic rings. The number of fused-ring (bicyclic) bond motifs is 1. The van der Waals surface area contributed by atoms with E-state index in [1.807, 2.05) is 86.9 Å². The lowest BCUT2D eigenvalue weighted by Crippen LogP contribution is -2.12. The third kappa shape index (κ3) is 5.44. The van der Waals surface area contributed by atoms with Crippen molar-refractivity contribution in [3.05, 3.63) is 125 Å². The second-order valence-electron chi connectivity index (χ2n) is 9.21. The monoisotopic (exact) mass is 488 g/mol. The third-order valence-electron chi connectivity index (χ3n) is 6.09. The van der Waals surface area contributed by atoms with Crippen molar-refractivity contribution < 1.29 is 9.59 Å². The quantitative estimate of drug-likeness (QED) is 0.282. The van der Waals surface area contributed by atoms with E-state index in [0.717, 1.165) is 17.8 Å². The Balaban J connectivity index is 1.54. The van der Waals surface area contributed by atoms with Gasteiger partial charge in [0, 0.05) is 34.7 Å². The summed E-state index contributed by atoms with van der Waals surface area (Å²) >= 11 is 0. The topological polar surface area (TPSA) is 73.5 Å². The van der Waals surface area contributed by atoms with Crippen LogP contribution in [0.4, 0.5) is 17.1 Å². The first kappa shape index (κ1) is 24.0. The molecule has 3 N–H and O–H groups in total. The normalized spacial score (nSPS) is 13.6. The van der Waals surface area contributed by atoms with Crippen LogP contribution in [0.25, 0.3) is 11.3 Å². The molecule has 6 nitrogen and oxygen atoms in total. The maximum Gasteiger partial charge on any atom is 0.258 e. The molecule has 0 aliphatic carbocycles. The number of benzene rings is 4. The Labute approximate surface area is 216 Å². The summed E-state index contributed by atoms with van der Waals surface area (Å²) in [4.78, 5) is 28.4. The van der Waals surface area contributed by atoms with Gasteiger partial charge in [0.2, 0.25) is 0 Å². The zero-order valence-corrected chi connectivity index (χ0v) is 20.8. The molecule has 0 saturated heterocycles. The van der Waals surface area contributed by atoms with Crippen LogP contribution in [0.5, 0.6) is 0 Å². The number of nitrogens with zero attached hydrogens (tertiary/aromatic N) is 1. The maximum atomic E-state index is 13.3. The van der Waals surface area contributed by atoms with E-state index in [4.69, 9.17) is 0 Å². The van der Waals surface area contributed by atoms with Gasteiger partial charge in [-0.15, -0.1) is 0 Å². The number of para-hydroxylation sites is 1. The molecule has 0 fully saturated rings. The largest absolute Gasteiger partial charge is 0.354 e. The lowest BCUT2D eigenvalue weighted by molar-refractivity contribution is -0.110. The molecule has 184 valence electrons. The number of hydrogen-bond acceptors (Lipinski definition) is 4. The zero-order valence-electron chi connectivity index (χ0n) is 20.8. The number of carbonyl (C=O) groups excluding carboxylic acids is 2. The van der Waals surface area contributed by atoms with Gasteiger partial charge in [0.05, 0.1) is 11.3 Å². The summed E-state index contributed by atoms with van der Waals surface area (Å²) in [6.07, 6.45) is 0. The van der Waals surface area contributed by atoms with E-state index in [0.29, 0.717) is 33.8 Å². The van der Waals surface area contributed by atoms with Gasteiger partial charge >= 0.3 is 0 Å². The number of carbonyl (C=O) groups is 2. The van der Waals surface area contributed by atoms with Crippen molar-refractivity contribution in [1.82, 2.24) is 4.90 Å². The fourth-order valence-electron chi connectivity index (χ4n) is 4.37. The highest BCUT2D eigenvalue weighted by Gasteiger charge is 2.29. The molecule has 0 bridgehead atoms. The van der Waals surface area contributed by atoms with Crippen molar-refractivity contribution in [2.24, 2.45) is 0 Å². The summed E-state index contributed by atoms with van der Waals surface area (Å²) < 4.78 is 0. The Morgan fingerprint density at radius 2 is 1.41 bits per heavy atom. The number of amides is 2. The third-order valence-corrected chi connectivity index (χ3v) is 6.09. The van der Waals surface area contributed by atoms with Crippen LogP contribution in [-0.4, -0.2) is 30.8 Å². The molecule has 6 heteroatoms. The van der Waals surface area contributed by atoms with Crippen molar-refractivity contribution in [3.8, 4) is 0 Å². The number of hydrogen-bond donors (Lipinski definition) is 3. The number of nitrogens with one attached hydrogen (secondary N) is 3. The average Bonchev–Trinajstić information content (AvgIpc) is 3.23. The van der Waals surface area contributed by atoms with E-state index in [2.05, 4.69) is 33.0 Å². The van der Waals surface area contributed by atoms with Crippen LogP contribution in [0.2, 0.25) is 0 Å². The summed E-state index contributed by atoms with van der Waals surface area (Å²) in [5.41, 5.74) is 6.65. The lowest BCUT2D eigenvalue weighted by Gasteiger charge is -2.16. The number of anilines is 3. The Hall–Kier alpha value is -4.68. The highest BCUT2D eigenvalue weighted by molar-refractivity contribution is 6.37. The Kier molecular flexibility index (Phi) is 6.83. The fraction of sp³-hybridized carbons (Fsp3) is 0.0968. The molecular weight excluding hydrogens is 460 g/mol. The van der Waals surface area contributed by atoms with E-state index in [9.17, 15) is 9.59 Å². The van der Waals surface area contributed by atoms with Crippen molar-refractivity contribution >= 4 is 40.1 Å². The minimum absolute atomic E-state index is 0.216. The molecule has 0 radical (unpaired) electrons. The van der Waals surface area contributed by atoms with Crippen LogP contribution >= 0.6 is 0 Å². The van der Waals surface area contributed by atoms with Gasteiger partial charge in [-0.3, -0.25) is 9.59 Å². The van der Waals surface area contributed by atoms with E-state index in [1.165, 1.54) is 5.56 Å². The fourth-order valence-corrected chi connectivity index (χ4v) is 4.37. The molecule has 5 rings (SSSR count). The van der Waals surface area contributed by atoms with Gasteiger partial charge in [0.1, 0.15) is 0 Å². The van der Waals surface area contributed by atoms with Gasteiger partial charge in [-0.25, -0.2) is 0 Å². The van der Waals surface area contributed by atoms with Crippen LogP contribution in [0.15, 0.2) is 103 Å². The van der Waals surface area contributed by atoms with Crippen LogP contribution in [0.1, 0.15) is 27.0 Å². The second kappa shape index (κ2) is 10.5.